The highest BCUT2D eigenvalue weighted by Gasteiger charge is 2.08. The molecule has 1 atom stereocenters. The third-order valence-electron chi connectivity index (χ3n) is 5.07. The Morgan fingerprint density at radius 1 is 0.583 bits per heavy atom. The lowest BCUT2D eigenvalue weighted by Crippen LogP contribution is -2.09. The Bertz CT molecular complexity index is 1060. The third-order valence-corrected chi connectivity index (χ3v) is 6.59. The largest absolute Gasteiger partial charge is 0.0616 e. The van der Waals surface area contributed by atoms with Gasteiger partial charge in [-0.25, -0.2) is 0 Å². The Morgan fingerprint density at radius 2 is 1.29 bits per heavy atom. The summed E-state index contributed by atoms with van der Waals surface area (Å²) in [5.74, 6) is 0. The first-order chi connectivity index (χ1) is 11.6. The molecule has 4 rings (SSSR count). The van der Waals surface area contributed by atoms with Crippen LogP contribution in [-0.4, -0.2) is 0 Å². The van der Waals surface area contributed by atoms with Crippen LogP contribution in [0.15, 0.2) is 66.7 Å². The molecule has 0 aliphatic carbocycles. The number of hydrogen-bond acceptors (Lipinski definition) is 0. The molecule has 0 heterocycles. The smallest absolute Gasteiger partial charge is 0.00999 e. The lowest BCUT2D eigenvalue weighted by Gasteiger charge is -2.13. The van der Waals surface area contributed by atoms with E-state index in [1.807, 2.05) is 0 Å². The molecule has 0 fully saturated rings. The molecule has 24 heavy (non-hydrogen) atoms. The Hall–Kier alpha value is -2.17. The highest BCUT2D eigenvalue weighted by atomic mass is 31.1. The highest BCUT2D eigenvalue weighted by Crippen LogP contribution is 2.26. The molecule has 0 N–H and O–H groups in total. The van der Waals surface area contributed by atoms with Crippen LogP contribution in [0.4, 0.5) is 0 Å². The summed E-state index contributed by atoms with van der Waals surface area (Å²) in [5.41, 5.74) is 4.24. The molecule has 0 saturated carbocycles. The topological polar surface area (TPSA) is 0 Å². The Labute approximate surface area is 145 Å². The van der Waals surface area contributed by atoms with E-state index in [-0.39, 0.29) is 0 Å². The molecule has 0 nitrogen and oxygen atoms in total. The molecule has 4 aromatic carbocycles. The summed E-state index contributed by atoms with van der Waals surface area (Å²) in [5, 5.41) is 8.24. The quantitative estimate of drug-likeness (QED) is 0.334. The standard InChI is InChI=1S/C23H21P/c1-15-11-12-22(17(3)16(15)2)24-23-10-6-9-20-13-18-7-4-5-8-19(18)14-21(20)23/h4-14,24H,1-3H3. The maximum atomic E-state index is 2.35. The molecule has 0 aliphatic rings. The molecule has 118 valence electrons. The number of rotatable bonds is 2. The first-order valence-electron chi connectivity index (χ1n) is 8.39. The predicted molar refractivity (Wildman–Crippen MR) is 110 cm³/mol. The van der Waals surface area contributed by atoms with Gasteiger partial charge in [-0.3, -0.25) is 0 Å². The van der Waals surface area contributed by atoms with Crippen molar-refractivity contribution in [1.29, 1.82) is 0 Å². The van der Waals surface area contributed by atoms with E-state index in [9.17, 15) is 0 Å². The van der Waals surface area contributed by atoms with Gasteiger partial charge < -0.3 is 0 Å². The zero-order chi connectivity index (χ0) is 16.7. The second-order valence-corrected chi connectivity index (χ2v) is 7.86. The minimum absolute atomic E-state index is 0.693. The lowest BCUT2D eigenvalue weighted by molar-refractivity contribution is 1.29. The molecule has 0 amide bonds. The Balaban J connectivity index is 1.88. The van der Waals surface area contributed by atoms with Crippen LogP contribution >= 0.6 is 8.58 Å². The second kappa shape index (κ2) is 6.04. The summed E-state index contributed by atoms with van der Waals surface area (Å²) in [6.07, 6.45) is 0. The molecule has 4 aromatic rings. The molecule has 0 saturated heterocycles. The van der Waals surface area contributed by atoms with E-state index in [4.69, 9.17) is 0 Å². The van der Waals surface area contributed by atoms with Crippen molar-refractivity contribution in [2.75, 3.05) is 0 Å². The lowest BCUT2D eigenvalue weighted by atomic mass is 10.0. The van der Waals surface area contributed by atoms with E-state index < -0.39 is 0 Å². The molecule has 0 bridgehead atoms. The van der Waals surface area contributed by atoms with Gasteiger partial charge in [0.15, 0.2) is 0 Å². The van der Waals surface area contributed by atoms with Crippen molar-refractivity contribution in [1.82, 2.24) is 0 Å². The van der Waals surface area contributed by atoms with E-state index in [0.29, 0.717) is 8.58 Å². The monoisotopic (exact) mass is 328 g/mol. The van der Waals surface area contributed by atoms with Gasteiger partial charge in [-0.2, -0.15) is 0 Å². The maximum absolute atomic E-state index is 2.35. The van der Waals surface area contributed by atoms with Crippen LogP contribution in [0.25, 0.3) is 21.5 Å². The summed E-state index contributed by atoms with van der Waals surface area (Å²) >= 11 is 0. The van der Waals surface area contributed by atoms with Crippen LogP contribution in [0.2, 0.25) is 0 Å². The van der Waals surface area contributed by atoms with Gasteiger partial charge in [0.2, 0.25) is 0 Å². The zero-order valence-electron chi connectivity index (χ0n) is 14.4. The van der Waals surface area contributed by atoms with Crippen LogP contribution in [0.3, 0.4) is 0 Å². The van der Waals surface area contributed by atoms with Crippen LogP contribution in [0, 0.1) is 20.8 Å². The summed E-state index contributed by atoms with van der Waals surface area (Å²) in [4.78, 5) is 0. The van der Waals surface area contributed by atoms with Crippen LogP contribution in [0.1, 0.15) is 16.7 Å². The normalized spacial score (nSPS) is 11.8. The molecule has 0 radical (unpaired) electrons. The van der Waals surface area contributed by atoms with Crippen LogP contribution < -0.4 is 10.6 Å². The first-order valence-corrected chi connectivity index (χ1v) is 9.39. The molecular formula is C23H21P. The van der Waals surface area contributed by atoms with E-state index in [0.717, 1.165) is 0 Å². The SMILES string of the molecule is Cc1ccc(Pc2cccc3cc4ccccc4cc23)c(C)c1C. The maximum Gasteiger partial charge on any atom is -0.00999 e. The number of benzene rings is 4. The summed E-state index contributed by atoms with van der Waals surface area (Å²) in [6, 6.07) is 24.5. The fourth-order valence-corrected chi connectivity index (χ4v) is 4.67. The van der Waals surface area contributed by atoms with Crippen LogP contribution in [0.5, 0.6) is 0 Å². The van der Waals surface area contributed by atoms with E-state index >= 15 is 0 Å². The minimum Gasteiger partial charge on any atom is -0.0616 e. The second-order valence-electron chi connectivity index (χ2n) is 6.53. The van der Waals surface area contributed by atoms with E-state index in [1.54, 1.807) is 0 Å². The predicted octanol–water partition coefficient (Wildman–Crippen LogP) is 5.55. The Kier molecular flexibility index (Phi) is 3.87. The number of aryl methyl sites for hydroxylation is 1. The van der Waals surface area contributed by atoms with Gasteiger partial charge >= 0.3 is 0 Å². The average molecular weight is 328 g/mol. The summed E-state index contributed by atoms with van der Waals surface area (Å²) in [7, 11) is 0.693. The summed E-state index contributed by atoms with van der Waals surface area (Å²) in [6.45, 7) is 6.68. The van der Waals surface area contributed by atoms with Gasteiger partial charge in [0, 0.05) is 0 Å². The van der Waals surface area contributed by atoms with E-state index in [1.165, 1.54) is 48.8 Å². The number of fused-ring (bicyclic) bond motifs is 2. The van der Waals surface area contributed by atoms with Gasteiger partial charge in [0.25, 0.3) is 0 Å². The molecular weight excluding hydrogens is 307 g/mol. The molecule has 1 heteroatoms. The van der Waals surface area contributed by atoms with Gasteiger partial charge in [0.1, 0.15) is 0 Å². The van der Waals surface area contributed by atoms with Crippen molar-refractivity contribution in [3.63, 3.8) is 0 Å². The molecule has 0 spiro atoms. The molecule has 0 aromatic heterocycles. The van der Waals surface area contributed by atoms with Crippen molar-refractivity contribution in [2.24, 2.45) is 0 Å². The fraction of sp³-hybridized carbons (Fsp3) is 0.130. The van der Waals surface area contributed by atoms with Gasteiger partial charge in [-0.05, 0) is 81.7 Å². The molecule has 1 unspecified atom stereocenters. The van der Waals surface area contributed by atoms with Crippen molar-refractivity contribution in [2.45, 2.75) is 20.8 Å². The van der Waals surface area contributed by atoms with E-state index in [2.05, 4.69) is 87.5 Å². The summed E-state index contributed by atoms with van der Waals surface area (Å²) < 4.78 is 0. The average Bonchev–Trinajstić information content (AvgIpc) is 2.61. The minimum atomic E-state index is 0.693. The van der Waals surface area contributed by atoms with Crippen LogP contribution in [-0.2, 0) is 0 Å². The van der Waals surface area contributed by atoms with Crippen molar-refractivity contribution in [3.8, 4) is 0 Å². The third kappa shape index (κ3) is 2.62. The first kappa shape index (κ1) is 15.4. The van der Waals surface area contributed by atoms with Gasteiger partial charge in [-0.15, -0.1) is 0 Å². The van der Waals surface area contributed by atoms with Crippen molar-refractivity contribution < 1.29 is 0 Å². The highest BCUT2D eigenvalue weighted by molar-refractivity contribution is 7.56. The Morgan fingerprint density at radius 3 is 2.08 bits per heavy atom. The van der Waals surface area contributed by atoms with Crippen molar-refractivity contribution >= 4 is 40.7 Å². The van der Waals surface area contributed by atoms with Gasteiger partial charge in [-0.1, -0.05) is 63.2 Å². The van der Waals surface area contributed by atoms with Gasteiger partial charge in [0.05, 0.1) is 0 Å². The van der Waals surface area contributed by atoms with Crippen molar-refractivity contribution in [3.05, 3.63) is 83.4 Å². The molecule has 0 aliphatic heterocycles. The number of hydrogen-bond donors (Lipinski definition) is 0. The fourth-order valence-electron chi connectivity index (χ4n) is 3.31. The zero-order valence-corrected chi connectivity index (χ0v) is 15.4.